The molecule has 0 bridgehead atoms. The van der Waals surface area contributed by atoms with Crippen molar-refractivity contribution < 1.29 is 22.7 Å². The smallest absolute Gasteiger partial charge is 0.378 e. The van der Waals surface area contributed by atoms with Gasteiger partial charge >= 0.3 is 6.18 Å². The van der Waals surface area contributed by atoms with E-state index in [1.54, 1.807) is 23.2 Å². The van der Waals surface area contributed by atoms with Gasteiger partial charge in [-0.3, -0.25) is 4.79 Å². The molecule has 1 fully saturated rings. The van der Waals surface area contributed by atoms with Gasteiger partial charge in [0, 0.05) is 43.6 Å². The molecule has 0 atom stereocenters. The van der Waals surface area contributed by atoms with Crippen LogP contribution in [0.4, 0.5) is 24.7 Å². The van der Waals surface area contributed by atoms with Gasteiger partial charge in [0.25, 0.3) is 5.91 Å². The van der Waals surface area contributed by atoms with Gasteiger partial charge in [-0.1, -0.05) is 6.07 Å². The number of halogens is 3. The monoisotopic (exact) mass is 418 g/mol. The molecule has 0 aliphatic carbocycles. The molecule has 1 aromatic carbocycles. The van der Waals surface area contributed by atoms with Crippen LogP contribution < -0.4 is 5.32 Å². The summed E-state index contributed by atoms with van der Waals surface area (Å²) in [4.78, 5) is 19.1. The van der Waals surface area contributed by atoms with E-state index in [1.165, 1.54) is 19.2 Å². The molecule has 4 rings (SSSR count). The number of fused-ring (bicyclic) bond motifs is 1. The van der Waals surface area contributed by atoms with Crippen LogP contribution in [0.1, 0.15) is 21.5 Å². The summed E-state index contributed by atoms with van der Waals surface area (Å²) in [7, 11) is 1.82. The van der Waals surface area contributed by atoms with Crippen LogP contribution in [-0.4, -0.2) is 46.7 Å². The number of carbonyl (C=O) groups is 1. The van der Waals surface area contributed by atoms with Crippen LogP contribution in [0, 0.1) is 6.92 Å². The van der Waals surface area contributed by atoms with Gasteiger partial charge in [0.15, 0.2) is 0 Å². The summed E-state index contributed by atoms with van der Waals surface area (Å²) >= 11 is 0. The van der Waals surface area contributed by atoms with Crippen LogP contribution in [0.15, 0.2) is 36.7 Å². The lowest BCUT2D eigenvalue weighted by atomic mass is 10.1. The number of aryl methyl sites for hydroxylation is 1. The normalized spacial score (nSPS) is 14.9. The summed E-state index contributed by atoms with van der Waals surface area (Å²) in [6.07, 6.45) is -1.16. The van der Waals surface area contributed by atoms with Crippen molar-refractivity contribution in [2.45, 2.75) is 13.1 Å². The molecule has 3 aromatic rings. The molecule has 1 N–H and O–H groups in total. The Morgan fingerprint density at radius 2 is 1.93 bits per heavy atom. The van der Waals surface area contributed by atoms with Crippen LogP contribution in [0.25, 0.3) is 10.9 Å². The predicted octanol–water partition coefficient (Wildman–Crippen LogP) is 4.12. The van der Waals surface area contributed by atoms with E-state index >= 15 is 0 Å². The molecule has 0 radical (unpaired) electrons. The zero-order valence-electron chi connectivity index (χ0n) is 16.6. The Hall–Kier alpha value is -3.07. The molecule has 2 aromatic heterocycles. The Morgan fingerprint density at radius 1 is 1.20 bits per heavy atom. The second kappa shape index (κ2) is 7.64. The summed E-state index contributed by atoms with van der Waals surface area (Å²) < 4.78 is 46.9. The van der Waals surface area contributed by atoms with E-state index in [1.807, 2.05) is 11.6 Å². The number of hydrogen-bond donors (Lipinski definition) is 1. The molecule has 1 amide bonds. The summed E-state index contributed by atoms with van der Waals surface area (Å²) in [5.74, 6) is 0.256. The van der Waals surface area contributed by atoms with Crippen LogP contribution in [-0.2, 0) is 18.0 Å². The largest absolute Gasteiger partial charge is 0.416 e. The number of rotatable bonds is 3. The van der Waals surface area contributed by atoms with Crippen molar-refractivity contribution in [3.63, 3.8) is 0 Å². The number of alkyl halides is 3. The van der Waals surface area contributed by atoms with Crippen molar-refractivity contribution in [1.82, 2.24) is 14.5 Å². The van der Waals surface area contributed by atoms with Crippen LogP contribution >= 0.6 is 0 Å². The van der Waals surface area contributed by atoms with Crippen molar-refractivity contribution in [2.75, 3.05) is 31.6 Å². The van der Waals surface area contributed by atoms with E-state index in [0.29, 0.717) is 54.3 Å². The molecule has 0 spiro atoms. The number of carbonyl (C=O) groups excluding carboxylic acids is 1. The van der Waals surface area contributed by atoms with E-state index in [4.69, 9.17) is 4.74 Å². The Labute approximate surface area is 171 Å². The standard InChI is InChI=1S/C21H21F3N4O2/c1-13-16(21(22,23)24)4-3-5-17(13)26-19-14-6-7-27(2)18(14)15(12-25-19)20(29)28-8-10-30-11-9-28/h3-7,12H,8-11H2,1-2H3,(H,25,26). The van der Waals surface area contributed by atoms with Gasteiger partial charge in [-0.15, -0.1) is 0 Å². The number of pyridine rings is 1. The highest BCUT2D eigenvalue weighted by atomic mass is 19.4. The first kappa shape index (κ1) is 20.2. The third kappa shape index (κ3) is 3.60. The fourth-order valence-electron chi connectivity index (χ4n) is 3.71. The number of anilines is 2. The third-order valence-corrected chi connectivity index (χ3v) is 5.33. The van der Waals surface area contributed by atoms with Crippen molar-refractivity contribution in [3.05, 3.63) is 53.3 Å². The van der Waals surface area contributed by atoms with E-state index in [0.717, 1.165) is 6.07 Å². The first-order chi connectivity index (χ1) is 14.3. The fraction of sp³-hybridized carbons (Fsp3) is 0.333. The molecule has 30 heavy (non-hydrogen) atoms. The maximum absolute atomic E-state index is 13.2. The van der Waals surface area contributed by atoms with Gasteiger partial charge in [-0.2, -0.15) is 13.2 Å². The second-order valence-corrected chi connectivity index (χ2v) is 7.21. The van der Waals surface area contributed by atoms with Crippen LogP contribution in [0.3, 0.4) is 0 Å². The van der Waals surface area contributed by atoms with Gasteiger partial charge in [-0.25, -0.2) is 4.98 Å². The van der Waals surface area contributed by atoms with Gasteiger partial charge < -0.3 is 19.5 Å². The van der Waals surface area contributed by atoms with E-state index in [-0.39, 0.29) is 11.5 Å². The van der Waals surface area contributed by atoms with Crippen molar-refractivity contribution in [2.24, 2.45) is 7.05 Å². The van der Waals surface area contributed by atoms with Gasteiger partial charge in [0.1, 0.15) is 5.82 Å². The zero-order chi connectivity index (χ0) is 21.5. The van der Waals surface area contributed by atoms with Crippen molar-refractivity contribution >= 4 is 28.3 Å². The number of nitrogens with one attached hydrogen (secondary N) is 1. The van der Waals surface area contributed by atoms with Gasteiger partial charge in [0.05, 0.1) is 29.9 Å². The molecule has 0 unspecified atom stereocenters. The maximum Gasteiger partial charge on any atom is 0.416 e. The topological polar surface area (TPSA) is 59.4 Å². The summed E-state index contributed by atoms with van der Waals surface area (Å²) in [5, 5.41) is 3.68. The van der Waals surface area contributed by atoms with E-state index in [9.17, 15) is 18.0 Å². The molecular weight excluding hydrogens is 397 g/mol. The highest BCUT2D eigenvalue weighted by Gasteiger charge is 2.33. The molecule has 1 saturated heterocycles. The fourth-order valence-corrected chi connectivity index (χ4v) is 3.71. The highest BCUT2D eigenvalue weighted by molar-refractivity contribution is 6.08. The van der Waals surface area contributed by atoms with E-state index in [2.05, 4.69) is 10.3 Å². The average molecular weight is 418 g/mol. The van der Waals surface area contributed by atoms with Crippen LogP contribution in [0.2, 0.25) is 0 Å². The van der Waals surface area contributed by atoms with Crippen molar-refractivity contribution in [1.29, 1.82) is 0 Å². The first-order valence-corrected chi connectivity index (χ1v) is 9.52. The average Bonchev–Trinajstić information content (AvgIpc) is 3.11. The molecule has 1 aliphatic rings. The number of hydrogen-bond acceptors (Lipinski definition) is 4. The molecular formula is C21H21F3N4O2. The lowest BCUT2D eigenvalue weighted by molar-refractivity contribution is -0.138. The van der Waals surface area contributed by atoms with Gasteiger partial charge in [0.2, 0.25) is 0 Å². The minimum atomic E-state index is -4.44. The summed E-state index contributed by atoms with van der Waals surface area (Å²) in [6.45, 7) is 3.42. The quantitative estimate of drug-likeness (QED) is 0.695. The molecule has 3 heterocycles. The molecule has 0 saturated carbocycles. The number of aromatic nitrogens is 2. The lowest BCUT2D eigenvalue weighted by Crippen LogP contribution is -2.40. The molecule has 1 aliphatic heterocycles. The summed E-state index contributed by atoms with van der Waals surface area (Å²) in [6, 6.07) is 5.78. The highest BCUT2D eigenvalue weighted by Crippen LogP contribution is 2.36. The predicted molar refractivity (Wildman–Crippen MR) is 107 cm³/mol. The minimum absolute atomic E-state index is 0.0874. The SMILES string of the molecule is Cc1c(Nc2ncc(C(=O)N3CCOCC3)c3c2ccn3C)cccc1C(F)(F)F. The van der Waals surface area contributed by atoms with Gasteiger partial charge in [-0.05, 0) is 30.7 Å². The second-order valence-electron chi connectivity index (χ2n) is 7.21. The number of nitrogens with zero attached hydrogens (tertiary/aromatic N) is 3. The number of amides is 1. The Balaban J connectivity index is 1.73. The number of benzene rings is 1. The maximum atomic E-state index is 13.2. The Morgan fingerprint density at radius 3 is 2.63 bits per heavy atom. The number of ether oxygens (including phenoxy) is 1. The zero-order valence-corrected chi connectivity index (χ0v) is 16.6. The van der Waals surface area contributed by atoms with E-state index < -0.39 is 11.7 Å². The third-order valence-electron chi connectivity index (χ3n) is 5.33. The molecule has 158 valence electrons. The number of morpholine rings is 1. The Kier molecular flexibility index (Phi) is 5.15. The van der Waals surface area contributed by atoms with Crippen molar-refractivity contribution in [3.8, 4) is 0 Å². The lowest BCUT2D eigenvalue weighted by Gasteiger charge is -2.27. The Bertz CT molecular complexity index is 1100. The molecule has 6 nitrogen and oxygen atoms in total. The summed E-state index contributed by atoms with van der Waals surface area (Å²) in [5.41, 5.74) is 0.828. The van der Waals surface area contributed by atoms with Crippen LogP contribution in [0.5, 0.6) is 0 Å². The minimum Gasteiger partial charge on any atom is -0.378 e. The molecule has 9 heteroatoms. The first-order valence-electron chi connectivity index (χ1n) is 9.52.